The van der Waals surface area contributed by atoms with Crippen LogP contribution in [0.3, 0.4) is 0 Å². The average molecular weight is 432 g/mol. The van der Waals surface area contributed by atoms with Gasteiger partial charge < -0.3 is 19.6 Å². The summed E-state index contributed by atoms with van der Waals surface area (Å²) < 4.78 is 10.7. The lowest BCUT2D eigenvalue weighted by atomic mass is 9.98. The number of methoxy groups -OCH3 is 1. The van der Waals surface area contributed by atoms with Crippen LogP contribution >= 0.6 is 0 Å². The van der Waals surface area contributed by atoms with Crippen molar-refractivity contribution in [3.05, 3.63) is 94.2 Å². The van der Waals surface area contributed by atoms with Gasteiger partial charge in [-0.05, 0) is 45.3 Å². The van der Waals surface area contributed by atoms with Gasteiger partial charge in [0.25, 0.3) is 5.91 Å². The molecular formula is C23H20N4O5. The Labute approximate surface area is 184 Å². The quantitative estimate of drug-likeness (QED) is 0.416. The predicted octanol–water partition coefficient (Wildman–Crippen LogP) is 3.76. The number of hydrogen-bond acceptors (Lipinski definition) is 7. The summed E-state index contributed by atoms with van der Waals surface area (Å²) in [6, 6.07) is 19.6. The smallest absolute Gasteiger partial charge is 0.406 e. The van der Waals surface area contributed by atoms with Crippen molar-refractivity contribution < 1.29 is 19.2 Å². The summed E-state index contributed by atoms with van der Waals surface area (Å²) in [6.07, 6.45) is 1.82. The maximum Gasteiger partial charge on any atom is 0.406 e. The topological polar surface area (TPSA) is 107 Å². The molecule has 2 heterocycles. The van der Waals surface area contributed by atoms with Gasteiger partial charge in [0.05, 0.1) is 18.9 Å². The summed E-state index contributed by atoms with van der Waals surface area (Å²) in [5.74, 6) is -0.226. The number of carbonyl (C=O) groups excluding carboxylic acids is 1. The first kappa shape index (κ1) is 21.0. The molecule has 0 radical (unpaired) electrons. The minimum Gasteiger partial charge on any atom is -0.497 e. The molecule has 1 aliphatic heterocycles. The Morgan fingerprint density at radius 3 is 2.56 bits per heavy atom. The maximum absolute atomic E-state index is 13.1. The number of ether oxygens (including phenoxy) is 2. The fourth-order valence-electron chi connectivity index (χ4n) is 3.47. The van der Waals surface area contributed by atoms with Gasteiger partial charge in [-0.2, -0.15) is 5.10 Å². The van der Waals surface area contributed by atoms with Crippen molar-refractivity contribution in [2.45, 2.75) is 12.5 Å². The third-order valence-corrected chi connectivity index (χ3v) is 5.05. The highest BCUT2D eigenvalue weighted by atomic mass is 16.6. The minimum atomic E-state index is -0.651. The van der Waals surface area contributed by atoms with E-state index in [4.69, 9.17) is 9.47 Å². The van der Waals surface area contributed by atoms with Crippen LogP contribution in [0.5, 0.6) is 11.5 Å². The number of hydrogen-bond donors (Lipinski definition) is 0. The van der Waals surface area contributed by atoms with Crippen LogP contribution < -0.4 is 9.47 Å². The Balaban J connectivity index is 1.58. The summed E-state index contributed by atoms with van der Waals surface area (Å²) in [7, 11) is 1.59. The third kappa shape index (κ3) is 4.41. The number of rotatable bonds is 7. The number of aromatic nitrogens is 1. The molecule has 162 valence electrons. The first-order chi connectivity index (χ1) is 15.6. The molecule has 3 aromatic rings. The predicted molar refractivity (Wildman–Crippen MR) is 117 cm³/mol. The Morgan fingerprint density at radius 1 is 1.12 bits per heavy atom. The van der Waals surface area contributed by atoms with E-state index in [1.807, 2.05) is 54.6 Å². The van der Waals surface area contributed by atoms with Crippen LogP contribution in [0.1, 0.15) is 23.6 Å². The van der Waals surface area contributed by atoms with Crippen molar-refractivity contribution >= 4 is 17.4 Å². The van der Waals surface area contributed by atoms with E-state index in [0.29, 0.717) is 12.2 Å². The summed E-state index contributed by atoms with van der Waals surface area (Å²) in [6.45, 7) is -0.412. The van der Waals surface area contributed by atoms with Gasteiger partial charge in [-0.1, -0.05) is 42.5 Å². The Morgan fingerprint density at radius 2 is 1.88 bits per heavy atom. The third-order valence-electron chi connectivity index (χ3n) is 5.05. The zero-order valence-electron chi connectivity index (χ0n) is 17.2. The molecule has 0 saturated carbocycles. The maximum atomic E-state index is 13.1. The summed E-state index contributed by atoms with van der Waals surface area (Å²) in [5, 5.41) is 17.1. The van der Waals surface area contributed by atoms with E-state index < -0.39 is 23.3 Å². The van der Waals surface area contributed by atoms with E-state index in [0.717, 1.165) is 16.8 Å². The largest absolute Gasteiger partial charge is 0.497 e. The van der Waals surface area contributed by atoms with E-state index in [2.05, 4.69) is 10.1 Å². The van der Waals surface area contributed by atoms with Crippen molar-refractivity contribution in [3.8, 4) is 11.5 Å². The normalized spacial score (nSPS) is 15.2. The lowest BCUT2D eigenvalue weighted by molar-refractivity contribution is -0.390. The molecule has 1 aromatic heterocycles. The number of benzene rings is 2. The zero-order chi connectivity index (χ0) is 22.5. The van der Waals surface area contributed by atoms with Crippen molar-refractivity contribution in [2.24, 2.45) is 5.10 Å². The van der Waals surface area contributed by atoms with E-state index in [-0.39, 0.29) is 11.8 Å². The molecule has 0 fully saturated rings. The van der Waals surface area contributed by atoms with Crippen molar-refractivity contribution in [1.29, 1.82) is 0 Å². The fraction of sp³-hybridized carbons (Fsp3) is 0.174. The number of hydrazone groups is 1. The molecule has 1 amide bonds. The number of carbonyl (C=O) groups is 1. The van der Waals surface area contributed by atoms with Gasteiger partial charge in [0, 0.05) is 6.42 Å². The lowest BCUT2D eigenvalue weighted by Gasteiger charge is -2.22. The van der Waals surface area contributed by atoms with Gasteiger partial charge in [-0.25, -0.2) is 5.01 Å². The van der Waals surface area contributed by atoms with E-state index in [1.165, 1.54) is 23.3 Å². The number of nitrogens with zero attached hydrogens (tertiary/aromatic N) is 4. The second-order valence-electron chi connectivity index (χ2n) is 7.02. The number of pyridine rings is 1. The van der Waals surface area contributed by atoms with Gasteiger partial charge in [-0.15, -0.1) is 0 Å². The van der Waals surface area contributed by atoms with E-state index in [9.17, 15) is 14.9 Å². The van der Waals surface area contributed by atoms with E-state index in [1.54, 1.807) is 7.11 Å². The Bertz CT molecular complexity index is 1150. The van der Waals surface area contributed by atoms with Gasteiger partial charge in [-0.3, -0.25) is 4.79 Å². The lowest BCUT2D eigenvalue weighted by Crippen LogP contribution is -2.31. The van der Waals surface area contributed by atoms with Crippen LogP contribution in [-0.4, -0.2) is 40.3 Å². The highest BCUT2D eigenvalue weighted by Gasteiger charge is 2.33. The SMILES string of the molecule is COc1ccc([C@H]2CC(c3ccccc3)=NN2C(=O)COc2cccnc2[N+](=O)[O-])cc1. The van der Waals surface area contributed by atoms with Crippen LogP contribution in [0, 0.1) is 10.1 Å². The molecule has 1 aliphatic rings. The van der Waals surface area contributed by atoms with Crippen molar-refractivity contribution in [3.63, 3.8) is 0 Å². The summed E-state index contributed by atoms with van der Waals surface area (Å²) in [5.41, 5.74) is 2.58. The molecule has 1 atom stereocenters. The first-order valence-electron chi connectivity index (χ1n) is 9.88. The van der Waals surface area contributed by atoms with Crippen LogP contribution in [0.4, 0.5) is 5.82 Å². The number of amides is 1. The zero-order valence-corrected chi connectivity index (χ0v) is 17.2. The molecule has 0 saturated heterocycles. The summed E-state index contributed by atoms with van der Waals surface area (Å²) in [4.78, 5) is 27.3. The van der Waals surface area contributed by atoms with Gasteiger partial charge in [0.1, 0.15) is 11.9 Å². The molecule has 4 rings (SSSR count). The van der Waals surface area contributed by atoms with Crippen LogP contribution in [0.2, 0.25) is 0 Å². The average Bonchev–Trinajstić information content (AvgIpc) is 3.29. The molecule has 9 nitrogen and oxygen atoms in total. The second-order valence-corrected chi connectivity index (χ2v) is 7.02. The van der Waals surface area contributed by atoms with Gasteiger partial charge >= 0.3 is 5.82 Å². The monoisotopic (exact) mass is 432 g/mol. The molecule has 2 aromatic carbocycles. The molecule has 0 spiro atoms. The molecule has 0 unspecified atom stereocenters. The molecule has 0 N–H and O–H groups in total. The van der Waals surface area contributed by atoms with Gasteiger partial charge in [0.2, 0.25) is 5.75 Å². The highest BCUT2D eigenvalue weighted by molar-refractivity contribution is 6.03. The van der Waals surface area contributed by atoms with Crippen LogP contribution in [0.15, 0.2) is 78.0 Å². The molecule has 0 bridgehead atoms. The molecular weight excluding hydrogens is 412 g/mol. The van der Waals surface area contributed by atoms with Crippen molar-refractivity contribution in [1.82, 2.24) is 9.99 Å². The second kappa shape index (κ2) is 9.25. The first-order valence-corrected chi connectivity index (χ1v) is 9.88. The molecule has 9 heteroatoms. The van der Waals surface area contributed by atoms with Gasteiger partial charge in [0.15, 0.2) is 6.61 Å². The van der Waals surface area contributed by atoms with Crippen molar-refractivity contribution in [2.75, 3.05) is 13.7 Å². The summed E-state index contributed by atoms with van der Waals surface area (Å²) >= 11 is 0. The Kier molecular flexibility index (Phi) is 6.07. The number of nitro groups is 1. The molecule has 0 aliphatic carbocycles. The highest BCUT2D eigenvalue weighted by Crippen LogP contribution is 2.34. The fourth-order valence-corrected chi connectivity index (χ4v) is 3.47. The molecule has 32 heavy (non-hydrogen) atoms. The van der Waals surface area contributed by atoms with Crippen LogP contribution in [-0.2, 0) is 4.79 Å². The van der Waals surface area contributed by atoms with E-state index >= 15 is 0 Å². The Hall–Kier alpha value is -4.27. The standard InChI is InChI=1S/C23H20N4O5/c1-31-18-11-9-17(10-12-18)20-14-19(16-6-3-2-4-7-16)25-26(20)22(28)15-32-21-8-5-13-24-23(21)27(29)30/h2-13,20H,14-15H2,1H3/t20-/m1/s1. The van der Waals surface area contributed by atoms with Crippen LogP contribution in [0.25, 0.3) is 0 Å². The minimum absolute atomic E-state index is 0.0710.